The molecule has 31 heavy (non-hydrogen) atoms. The minimum absolute atomic E-state index is 0.0685. The SMILES string of the molecule is COc1ccc(CNC(=O)C2(C[C@@H]3CC(c4ccc(C)cc4)=NO3)CCOCC2)cc1. The van der Waals surface area contributed by atoms with Crippen LogP contribution in [0.25, 0.3) is 0 Å². The Labute approximate surface area is 183 Å². The quantitative estimate of drug-likeness (QED) is 0.732. The van der Waals surface area contributed by atoms with Gasteiger partial charge in [0.25, 0.3) is 0 Å². The number of carbonyl (C=O) groups is 1. The number of nitrogens with one attached hydrogen (secondary N) is 1. The lowest BCUT2D eigenvalue weighted by molar-refractivity contribution is -0.140. The highest BCUT2D eigenvalue weighted by Crippen LogP contribution is 2.38. The van der Waals surface area contributed by atoms with Crippen LogP contribution in [0, 0.1) is 12.3 Å². The summed E-state index contributed by atoms with van der Waals surface area (Å²) in [5, 5.41) is 7.47. The Hall–Kier alpha value is -2.86. The molecule has 6 heteroatoms. The van der Waals surface area contributed by atoms with Gasteiger partial charge in [0.05, 0.1) is 18.2 Å². The number of hydrogen-bond acceptors (Lipinski definition) is 5. The number of nitrogens with zero attached hydrogens (tertiary/aromatic N) is 1. The molecule has 2 aromatic rings. The van der Waals surface area contributed by atoms with Crippen molar-refractivity contribution >= 4 is 11.6 Å². The molecule has 0 radical (unpaired) electrons. The highest BCUT2D eigenvalue weighted by molar-refractivity contribution is 6.01. The van der Waals surface area contributed by atoms with Gasteiger partial charge in [-0.1, -0.05) is 47.1 Å². The molecule has 2 aliphatic rings. The lowest BCUT2D eigenvalue weighted by Gasteiger charge is -2.37. The lowest BCUT2D eigenvalue weighted by atomic mass is 9.74. The molecule has 164 valence electrons. The summed E-state index contributed by atoms with van der Waals surface area (Å²) in [7, 11) is 1.64. The van der Waals surface area contributed by atoms with Crippen LogP contribution in [-0.2, 0) is 20.9 Å². The number of amides is 1. The number of rotatable bonds is 7. The fourth-order valence-electron chi connectivity index (χ4n) is 4.29. The standard InChI is InChI=1S/C25H30N2O4/c1-18-3-7-20(8-4-18)23-15-22(31-27-23)16-25(11-13-30-14-12-25)24(28)26-17-19-5-9-21(29-2)10-6-19/h3-10,22H,11-17H2,1-2H3,(H,26,28)/t22-/m0/s1. The van der Waals surface area contributed by atoms with Crippen LogP contribution in [0.5, 0.6) is 5.75 Å². The minimum atomic E-state index is -0.492. The van der Waals surface area contributed by atoms with Crippen LogP contribution in [-0.4, -0.2) is 38.0 Å². The maximum atomic E-state index is 13.3. The van der Waals surface area contributed by atoms with Crippen LogP contribution in [0.4, 0.5) is 0 Å². The first-order chi connectivity index (χ1) is 15.1. The molecule has 0 bridgehead atoms. The lowest BCUT2D eigenvalue weighted by Crippen LogP contribution is -2.46. The molecule has 0 saturated carbocycles. The maximum Gasteiger partial charge on any atom is 0.226 e. The van der Waals surface area contributed by atoms with E-state index >= 15 is 0 Å². The van der Waals surface area contributed by atoms with Crippen LogP contribution < -0.4 is 10.1 Å². The maximum absolute atomic E-state index is 13.3. The number of ether oxygens (including phenoxy) is 2. The molecule has 1 amide bonds. The van der Waals surface area contributed by atoms with Gasteiger partial charge in [-0.25, -0.2) is 0 Å². The van der Waals surface area contributed by atoms with Crippen LogP contribution >= 0.6 is 0 Å². The van der Waals surface area contributed by atoms with E-state index in [0.717, 1.165) is 29.0 Å². The summed E-state index contributed by atoms with van der Waals surface area (Å²) < 4.78 is 10.8. The number of carbonyl (C=O) groups excluding carboxylic acids is 1. The Kier molecular flexibility index (Phi) is 6.56. The Morgan fingerprint density at radius 3 is 2.52 bits per heavy atom. The monoisotopic (exact) mass is 422 g/mol. The zero-order chi connectivity index (χ0) is 21.7. The van der Waals surface area contributed by atoms with Gasteiger partial charge in [-0.2, -0.15) is 0 Å². The van der Waals surface area contributed by atoms with Gasteiger partial charge in [0.15, 0.2) is 0 Å². The van der Waals surface area contributed by atoms with E-state index < -0.39 is 5.41 Å². The van der Waals surface area contributed by atoms with Gasteiger partial charge in [0.2, 0.25) is 5.91 Å². The van der Waals surface area contributed by atoms with Crippen molar-refractivity contribution in [1.82, 2.24) is 5.32 Å². The fraction of sp³-hybridized carbons (Fsp3) is 0.440. The summed E-state index contributed by atoms with van der Waals surface area (Å²) in [5.41, 5.74) is 3.80. The summed E-state index contributed by atoms with van der Waals surface area (Å²) in [4.78, 5) is 19.1. The second-order valence-corrected chi connectivity index (χ2v) is 8.46. The first kappa shape index (κ1) is 21.4. The van der Waals surface area contributed by atoms with Gasteiger partial charge in [-0.05, 0) is 43.0 Å². The van der Waals surface area contributed by atoms with Crippen LogP contribution in [0.15, 0.2) is 53.7 Å². The Morgan fingerprint density at radius 2 is 1.84 bits per heavy atom. The summed E-state index contributed by atoms with van der Waals surface area (Å²) in [5.74, 6) is 0.873. The van der Waals surface area contributed by atoms with Crippen molar-refractivity contribution in [1.29, 1.82) is 0 Å². The molecule has 2 aliphatic heterocycles. The average molecular weight is 423 g/mol. The number of methoxy groups -OCH3 is 1. The van der Waals surface area contributed by atoms with Crippen LogP contribution in [0.3, 0.4) is 0 Å². The van der Waals surface area contributed by atoms with Gasteiger partial charge in [-0.15, -0.1) is 0 Å². The van der Waals surface area contributed by atoms with E-state index in [1.807, 2.05) is 24.3 Å². The first-order valence-electron chi connectivity index (χ1n) is 10.9. The van der Waals surface area contributed by atoms with Crippen molar-refractivity contribution in [2.24, 2.45) is 10.6 Å². The summed E-state index contributed by atoms with van der Waals surface area (Å²) in [6, 6.07) is 16.1. The van der Waals surface area contributed by atoms with Crippen molar-refractivity contribution in [3.63, 3.8) is 0 Å². The molecule has 1 N–H and O–H groups in total. The highest BCUT2D eigenvalue weighted by atomic mass is 16.6. The number of hydrogen-bond donors (Lipinski definition) is 1. The van der Waals surface area contributed by atoms with E-state index in [-0.39, 0.29) is 12.0 Å². The molecule has 4 rings (SSSR count). The van der Waals surface area contributed by atoms with Gasteiger partial charge in [0.1, 0.15) is 11.9 Å². The predicted octanol–water partition coefficient (Wildman–Crippen LogP) is 4.00. The fourth-order valence-corrected chi connectivity index (χ4v) is 4.29. The first-order valence-corrected chi connectivity index (χ1v) is 10.9. The summed E-state index contributed by atoms with van der Waals surface area (Å²) in [6.45, 7) is 3.74. The molecule has 2 heterocycles. The van der Waals surface area contributed by atoms with Crippen molar-refractivity contribution in [3.05, 3.63) is 65.2 Å². The Balaban J connectivity index is 1.39. The Morgan fingerprint density at radius 1 is 1.13 bits per heavy atom. The van der Waals surface area contributed by atoms with Crippen molar-refractivity contribution in [3.8, 4) is 5.75 Å². The van der Waals surface area contributed by atoms with Crippen LogP contribution in [0.1, 0.15) is 42.4 Å². The van der Waals surface area contributed by atoms with E-state index in [1.165, 1.54) is 5.56 Å². The third kappa shape index (κ3) is 5.07. The molecule has 1 fully saturated rings. The van der Waals surface area contributed by atoms with E-state index in [9.17, 15) is 4.79 Å². The molecule has 1 atom stereocenters. The molecule has 6 nitrogen and oxygen atoms in total. The molecule has 1 saturated heterocycles. The topological polar surface area (TPSA) is 69.2 Å². The molecule has 0 spiro atoms. The molecule has 0 unspecified atom stereocenters. The van der Waals surface area contributed by atoms with Crippen LogP contribution in [0.2, 0.25) is 0 Å². The van der Waals surface area contributed by atoms with Crippen molar-refractivity contribution < 1.29 is 19.1 Å². The third-order valence-electron chi connectivity index (χ3n) is 6.28. The smallest absolute Gasteiger partial charge is 0.226 e. The molecular formula is C25H30N2O4. The molecule has 0 aromatic heterocycles. The predicted molar refractivity (Wildman–Crippen MR) is 119 cm³/mol. The summed E-state index contributed by atoms with van der Waals surface area (Å²) >= 11 is 0. The number of benzene rings is 2. The van der Waals surface area contributed by atoms with Gasteiger partial charge < -0.3 is 19.6 Å². The zero-order valence-electron chi connectivity index (χ0n) is 18.2. The Bertz CT molecular complexity index is 916. The second-order valence-electron chi connectivity index (χ2n) is 8.46. The highest BCUT2D eigenvalue weighted by Gasteiger charge is 2.43. The van der Waals surface area contributed by atoms with E-state index in [0.29, 0.717) is 39.0 Å². The minimum Gasteiger partial charge on any atom is -0.497 e. The van der Waals surface area contributed by atoms with Gasteiger partial charge >= 0.3 is 0 Å². The van der Waals surface area contributed by atoms with Crippen molar-refractivity contribution in [2.75, 3.05) is 20.3 Å². The third-order valence-corrected chi connectivity index (χ3v) is 6.28. The number of oxime groups is 1. The summed E-state index contributed by atoms with van der Waals surface area (Å²) in [6.07, 6.45) is 2.66. The van der Waals surface area contributed by atoms with E-state index in [4.69, 9.17) is 14.3 Å². The normalized spacial score (nSPS) is 19.9. The number of aryl methyl sites for hydroxylation is 1. The molecule has 0 aliphatic carbocycles. The van der Waals surface area contributed by atoms with E-state index in [2.05, 4.69) is 41.7 Å². The van der Waals surface area contributed by atoms with Crippen molar-refractivity contribution in [2.45, 2.75) is 45.3 Å². The second kappa shape index (κ2) is 9.52. The van der Waals surface area contributed by atoms with Gasteiger partial charge in [-0.3, -0.25) is 4.79 Å². The molecular weight excluding hydrogens is 392 g/mol. The zero-order valence-corrected chi connectivity index (χ0v) is 18.2. The molecule has 2 aromatic carbocycles. The average Bonchev–Trinajstić information content (AvgIpc) is 3.27. The van der Waals surface area contributed by atoms with E-state index in [1.54, 1.807) is 7.11 Å². The van der Waals surface area contributed by atoms with Gasteiger partial charge in [0, 0.05) is 32.6 Å². The largest absolute Gasteiger partial charge is 0.497 e.